The molecule has 1 aromatic heterocycles. The minimum atomic E-state index is 0.701. The van der Waals surface area contributed by atoms with Crippen LogP contribution in [-0.4, -0.2) is 48.1 Å². The molecule has 2 rings (SSSR count). The van der Waals surface area contributed by atoms with E-state index in [1.165, 1.54) is 30.7 Å². The Kier molecular flexibility index (Phi) is 7.30. The largest absolute Gasteiger partial charge is 0.357 e. The molecule has 0 saturated carbocycles. The first-order valence-electron chi connectivity index (χ1n) is 8.79. The van der Waals surface area contributed by atoms with Gasteiger partial charge in [-0.25, -0.2) is 9.98 Å². The van der Waals surface area contributed by atoms with Gasteiger partial charge >= 0.3 is 0 Å². The number of guanidine groups is 1. The first kappa shape index (κ1) is 18.2. The van der Waals surface area contributed by atoms with Crippen LogP contribution in [0.2, 0.25) is 0 Å². The summed E-state index contributed by atoms with van der Waals surface area (Å²) in [5.74, 6) is 0.905. The number of likely N-dealkylation sites (tertiary alicyclic amines) is 1. The van der Waals surface area contributed by atoms with Crippen molar-refractivity contribution in [1.82, 2.24) is 20.5 Å². The minimum absolute atomic E-state index is 0.701. The van der Waals surface area contributed by atoms with E-state index in [-0.39, 0.29) is 0 Å². The van der Waals surface area contributed by atoms with E-state index < -0.39 is 0 Å². The van der Waals surface area contributed by atoms with Gasteiger partial charge in [-0.2, -0.15) is 0 Å². The van der Waals surface area contributed by atoms with Crippen LogP contribution in [0.25, 0.3) is 0 Å². The van der Waals surface area contributed by atoms with E-state index >= 15 is 0 Å². The maximum Gasteiger partial charge on any atom is 0.191 e. The zero-order chi connectivity index (χ0) is 16.7. The lowest BCUT2D eigenvalue weighted by Crippen LogP contribution is -2.45. The van der Waals surface area contributed by atoms with Crippen molar-refractivity contribution in [3.63, 3.8) is 0 Å². The predicted octanol–water partition coefficient (Wildman–Crippen LogP) is 2.69. The Morgan fingerprint density at radius 1 is 1.35 bits per heavy atom. The number of hydrogen-bond acceptors (Lipinski definition) is 4. The number of nitrogens with one attached hydrogen (secondary N) is 2. The molecule has 1 aliphatic rings. The molecule has 0 aromatic carbocycles. The Morgan fingerprint density at radius 3 is 2.83 bits per heavy atom. The Hall–Kier alpha value is -1.14. The molecule has 5 nitrogen and oxygen atoms in total. The van der Waals surface area contributed by atoms with E-state index in [9.17, 15) is 0 Å². The number of thiazole rings is 1. The molecule has 2 heterocycles. The maximum atomic E-state index is 4.71. The second-order valence-corrected chi connectivity index (χ2v) is 7.53. The molecule has 6 heteroatoms. The van der Waals surface area contributed by atoms with Crippen LogP contribution in [0.5, 0.6) is 0 Å². The summed E-state index contributed by atoms with van der Waals surface area (Å²) in [5.41, 5.74) is 1.11. The molecular formula is C17H31N5S. The average molecular weight is 338 g/mol. The zero-order valence-corrected chi connectivity index (χ0v) is 15.8. The van der Waals surface area contributed by atoms with E-state index in [0.717, 1.165) is 36.3 Å². The third-order valence-corrected chi connectivity index (χ3v) is 5.41. The van der Waals surface area contributed by atoms with Crippen molar-refractivity contribution in [2.24, 2.45) is 4.99 Å². The lowest BCUT2D eigenvalue weighted by molar-refractivity contribution is 0.163. The van der Waals surface area contributed by atoms with Gasteiger partial charge in [0.2, 0.25) is 0 Å². The number of aryl methyl sites for hydroxylation is 2. The van der Waals surface area contributed by atoms with Gasteiger partial charge in [0, 0.05) is 30.6 Å². The highest BCUT2D eigenvalue weighted by Gasteiger charge is 2.17. The number of hydrogen-bond donors (Lipinski definition) is 2. The maximum absolute atomic E-state index is 4.71. The normalized spacial score (nSPS) is 19.8. The summed E-state index contributed by atoms with van der Waals surface area (Å²) in [5, 5.41) is 7.91. The monoisotopic (exact) mass is 337 g/mol. The third-order valence-electron chi connectivity index (χ3n) is 4.36. The number of nitrogens with zero attached hydrogens (tertiary/aromatic N) is 3. The number of aliphatic imine (C=N–C) groups is 1. The van der Waals surface area contributed by atoms with Crippen LogP contribution < -0.4 is 10.6 Å². The van der Waals surface area contributed by atoms with E-state index in [1.54, 1.807) is 11.3 Å². The van der Waals surface area contributed by atoms with Gasteiger partial charge in [-0.05, 0) is 47.1 Å². The van der Waals surface area contributed by atoms with Crippen molar-refractivity contribution in [3.8, 4) is 0 Å². The van der Waals surface area contributed by atoms with Gasteiger partial charge < -0.3 is 10.6 Å². The molecule has 1 unspecified atom stereocenters. The SMILES string of the molecule is CCNC(=NCc1sc(C)nc1C)NCCN1CCCCC1C. The van der Waals surface area contributed by atoms with Crippen LogP contribution in [0.3, 0.4) is 0 Å². The second kappa shape index (κ2) is 9.23. The minimum Gasteiger partial charge on any atom is -0.357 e. The second-order valence-electron chi connectivity index (χ2n) is 6.24. The van der Waals surface area contributed by atoms with E-state index in [0.29, 0.717) is 12.6 Å². The quantitative estimate of drug-likeness (QED) is 0.619. The highest BCUT2D eigenvalue weighted by atomic mass is 32.1. The smallest absolute Gasteiger partial charge is 0.191 e. The topological polar surface area (TPSA) is 52.6 Å². The summed E-state index contributed by atoms with van der Waals surface area (Å²) in [7, 11) is 0. The molecule has 0 radical (unpaired) electrons. The third kappa shape index (κ3) is 5.77. The first-order chi connectivity index (χ1) is 11.1. The highest BCUT2D eigenvalue weighted by molar-refractivity contribution is 7.11. The summed E-state index contributed by atoms with van der Waals surface area (Å²) < 4.78 is 0. The van der Waals surface area contributed by atoms with Crippen molar-refractivity contribution < 1.29 is 0 Å². The zero-order valence-electron chi connectivity index (χ0n) is 15.0. The fourth-order valence-electron chi connectivity index (χ4n) is 3.02. The Bertz CT molecular complexity index is 511. The molecule has 1 saturated heterocycles. The van der Waals surface area contributed by atoms with E-state index in [4.69, 9.17) is 4.99 Å². The van der Waals surface area contributed by atoms with Gasteiger partial charge in [0.05, 0.1) is 17.2 Å². The Labute approximate surface area is 144 Å². The molecule has 1 aliphatic heterocycles. The van der Waals surface area contributed by atoms with E-state index in [2.05, 4.69) is 41.3 Å². The van der Waals surface area contributed by atoms with Gasteiger partial charge in [-0.15, -0.1) is 11.3 Å². The summed E-state index contributed by atoms with van der Waals surface area (Å²) in [6, 6.07) is 0.716. The van der Waals surface area contributed by atoms with Crippen molar-refractivity contribution >= 4 is 17.3 Å². The molecule has 0 amide bonds. The van der Waals surface area contributed by atoms with Crippen LogP contribution in [0.1, 0.15) is 48.7 Å². The lowest BCUT2D eigenvalue weighted by atomic mass is 10.0. The Morgan fingerprint density at radius 2 is 2.17 bits per heavy atom. The van der Waals surface area contributed by atoms with Crippen LogP contribution in [0.15, 0.2) is 4.99 Å². The standard InChI is InChI=1S/C17H31N5S/c1-5-18-17(20-12-16-14(3)21-15(4)23-16)19-9-11-22-10-7-6-8-13(22)2/h13H,5-12H2,1-4H3,(H2,18,19,20). The van der Waals surface area contributed by atoms with E-state index in [1.807, 2.05) is 6.92 Å². The van der Waals surface area contributed by atoms with Gasteiger partial charge in [-0.3, -0.25) is 4.90 Å². The molecule has 1 atom stereocenters. The van der Waals surface area contributed by atoms with Gasteiger partial charge in [-0.1, -0.05) is 6.42 Å². The van der Waals surface area contributed by atoms with Crippen molar-refractivity contribution in [2.75, 3.05) is 26.2 Å². The first-order valence-corrected chi connectivity index (χ1v) is 9.61. The summed E-state index contributed by atoms with van der Waals surface area (Å²) in [4.78, 5) is 13.0. The average Bonchev–Trinajstić information content (AvgIpc) is 2.84. The molecule has 1 fully saturated rings. The lowest BCUT2D eigenvalue weighted by Gasteiger charge is -2.33. The summed E-state index contributed by atoms with van der Waals surface area (Å²) in [6.07, 6.45) is 4.05. The van der Waals surface area contributed by atoms with Crippen molar-refractivity contribution in [3.05, 3.63) is 15.6 Å². The van der Waals surface area contributed by atoms with Crippen molar-refractivity contribution in [2.45, 2.75) is 59.5 Å². The molecule has 0 bridgehead atoms. The van der Waals surface area contributed by atoms with Crippen LogP contribution >= 0.6 is 11.3 Å². The highest BCUT2D eigenvalue weighted by Crippen LogP contribution is 2.18. The fourth-order valence-corrected chi connectivity index (χ4v) is 3.88. The van der Waals surface area contributed by atoms with Crippen molar-refractivity contribution in [1.29, 1.82) is 0 Å². The molecule has 2 N–H and O–H groups in total. The van der Waals surface area contributed by atoms with Crippen LogP contribution in [0, 0.1) is 13.8 Å². The van der Waals surface area contributed by atoms with Gasteiger partial charge in [0.15, 0.2) is 5.96 Å². The number of piperidine rings is 1. The molecule has 23 heavy (non-hydrogen) atoms. The molecule has 1 aromatic rings. The summed E-state index contributed by atoms with van der Waals surface area (Å²) >= 11 is 1.74. The molecule has 130 valence electrons. The van der Waals surface area contributed by atoms with Crippen LogP contribution in [0.4, 0.5) is 0 Å². The number of rotatable bonds is 6. The molecule has 0 spiro atoms. The summed E-state index contributed by atoms with van der Waals surface area (Å²) in [6.45, 7) is 13.4. The van der Waals surface area contributed by atoms with Crippen LogP contribution in [-0.2, 0) is 6.54 Å². The van der Waals surface area contributed by atoms with Gasteiger partial charge in [0.25, 0.3) is 0 Å². The Balaban J connectivity index is 1.82. The number of aromatic nitrogens is 1. The van der Waals surface area contributed by atoms with Gasteiger partial charge in [0.1, 0.15) is 0 Å². The predicted molar refractivity (Wildman–Crippen MR) is 99.3 cm³/mol. The molecule has 0 aliphatic carbocycles. The fraction of sp³-hybridized carbons (Fsp3) is 0.765. The molecular weight excluding hydrogens is 306 g/mol.